The van der Waals surface area contributed by atoms with Crippen LogP contribution >= 0.6 is 11.6 Å². The van der Waals surface area contributed by atoms with Crippen LogP contribution in [-0.4, -0.2) is 23.3 Å². The highest BCUT2D eigenvalue weighted by atomic mass is 35.5. The number of methoxy groups -OCH3 is 1. The second kappa shape index (κ2) is 3.49. The third kappa shape index (κ3) is 1.71. The maximum Gasteiger partial charge on any atom is 0.358 e. The van der Waals surface area contributed by atoms with Gasteiger partial charge in [0.1, 0.15) is 0 Å². The van der Waals surface area contributed by atoms with Gasteiger partial charge in [0, 0.05) is 1.37 Å². The first kappa shape index (κ1) is 7.49. The molecule has 1 heterocycles. The highest BCUT2D eigenvalue weighted by Gasteiger charge is 2.11. The predicted molar refractivity (Wildman–Crippen MR) is 43.1 cm³/mol. The summed E-state index contributed by atoms with van der Waals surface area (Å²) in [5.41, 5.74) is 0.453. The third-order valence-electron chi connectivity index (χ3n) is 1.22. The van der Waals surface area contributed by atoms with Gasteiger partial charge in [0.15, 0.2) is 10.8 Å². The molecule has 0 saturated carbocycles. The number of ether oxygens (including phenoxy) is 1. The minimum absolute atomic E-state index is 0.0434. The largest absolute Gasteiger partial charge is 0.464 e. The van der Waals surface area contributed by atoms with Gasteiger partial charge in [-0.15, -0.1) is 10.2 Å². The van der Waals surface area contributed by atoms with Crippen molar-refractivity contribution in [1.82, 2.24) is 10.2 Å². The van der Waals surface area contributed by atoms with Crippen LogP contribution in [0.15, 0.2) is 6.07 Å². The van der Waals surface area contributed by atoms with Gasteiger partial charge in [-0.25, -0.2) is 4.79 Å². The second-order valence-corrected chi connectivity index (χ2v) is 2.42. The van der Waals surface area contributed by atoms with Crippen LogP contribution in [0.5, 0.6) is 0 Å². The number of aromatic nitrogens is 2. The molecule has 0 aliphatic rings. The number of hydrogen-bond acceptors (Lipinski definition) is 4. The van der Waals surface area contributed by atoms with Crippen LogP contribution in [0.25, 0.3) is 0 Å². The molecule has 0 fully saturated rings. The maximum atomic E-state index is 11.1. The van der Waals surface area contributed by atoms with E-state index in [9.17, 15) is 4.79 Å². The van der Waals surface area contributed by atoms with E-state index in [4.69, 9.17) is 13.0 Å². The Morgan fingerprint density at radius 1 is 1.75 bits per heavy atom. The van der Waals surface area contributed by atoms with Crippen molar-refractivity contribution in [3.8, 4) is 0 Å². The van der Waals surface area contributed by atoms with Crippen LogP contribution in [0.4, 0.5) is 0 Å². The van der Waals surface area contributed by atoms with Gasteiger partial charge in [0.25, 0.3) is 0 Å². The Bertz CT molecular complexity index is 332. The van der Waals surface area contributed by atoms with Crippen molar-refractivity contribution in [1.29, 1.82) is 0 Å². The molecule has 0 amide bonds. The van der Waals surface area contributed by atoms with E-state index < -0.39 is 5.97 Å². The molecule has 0 saturated heterocycles. The highest BCUT2D eigenvalue weighted by Crippen LogP contribution is 2.09. The van der Waals surface area contributed by atoms with Crippen molar-refractivity contribution < 1.29 is 10.9 Å². The number of hydrogen-bond donors (Lipinski definition) is 0. The van der Waals surface area contributed by atoms with Gasteiger partial charge in [-0.3, -0.25) is 0 Å². The number of rotatable bonds is 1. The molecule has 1 aromatic rings. The second-order valence-electron chi connectivity index (χ2n) is 2.03. The Labute approximate surface area is 75.9 Å². The Hall–Kier alpha value is -1.16. The van der Waals surface area contributed by atoms with Gasteiger partial charge in [-0.05, 0) is 18.5 Å². The summed E-state index contributed by atoms with van der Waals surface area (Å²) in [5, 5.41) is 7.19. The highest BCUT2D eigenvalue weighted by molar-refractivity contribution is 6.29. The van der Waals surface area contributed by atoms with Gasteiger partial charge >= 0.3 is 5.97 Å². The summed E-state index contributed by atoms with van der Waals surface area (Å²) in [6.07, 6.45) is 0. The molecule has 5 heteroatoms. The molecular weight excluding hydrogens is 180 g/mol. The Kier molecular flexibility index (Phi) is 2.18. The lowest BCUT2D eigenvalue weighted by atomic mass is 10.2. The minimum atomic E-state index is -0.605. The van der Waals surface area contributed by atoms with E-state index in [0.29, 0.717) is 5.56 Å². The molecule has 0 atom stereocenters. The number of carbonyl (C=O) groups excluding carboxylic acids is 1. The number of halogens is 1. The zero-order chi connectivity index (χ0) is 9.84. The van der Waals surface area contributed by atoms with Crippen molar-refractivity contribution in [2.24, 2.45) is 0 Å². The average Bonchev–Trinajstić information content (AvgIpc) is 2.16. The molecule has 0 radical (unpaired) electrons. The van der Waals surface area contributed by atoms with E-state index in [0.717, 1.165) is 0 Å². The summed E-state index contributed by atoms with van der Waals surface area (Å²) in [6.45, 7) is -0.0837. The first-order valence-electron chi connectivity index (χ1n) is 3.79. The first-order chi connectivity index (χ1) is 6.19. The number of aryl methyl sites for hydroxylation is 1. The first-order valence-corrected chi connectivity index (χ1v) is 3.46. The molecule has 12 heavy (non-hydrogen) atoms. The molecule has 0 N–H and O–H groups in total. The van der Waals surface area contributed by atoms with E-state index in [-0.39, 0.29) is 17.7 Å². The summed E-state index contributed by atoms with van der Waals surface area (Å²) in [5.74, 6) is -0.605. The molecule has 0 aliphatic carbocycles. The SMILES string of the molecule is [2H]Cc1cc(Cl)nnc1C(=O)OC. The summed E-state index contributed by atoms with van der Waals surface area (Å²) >= 11 is 5.53. The molecule has 1 rings (SSSR count). The van der Waals surface area contributed by atoms with E-state index in [2.05, 4.69) is 14.9 Å². The molecule has 0 bridgehead atoms. The fraction of sp³-hybridized carbons (Fsp3) is 0.286. The van der Waals surface area contributed by atoms with Crippen LogP contribution in [0.2, 0.25) is 5.15 Å². The Morgan fingerprint density at radius 2 is 2.50 bits per heavy atom. The number of nitrogens with zero attached hydrogens (tertiary/aromatic N) is 2. The zero-order valence-electron chi connectivity index (χ0n) is 7.37. The lowest BCUT2D eigenvalue weighted by molar-refractivity contribution is 0.0592. The lowest BCUT2D eigenvalue weighted by Gasteiger charge is -2.00. The summed E-state index contributed by atoms with van der Waals surface area (Å²) in [6, 6.07) is 1.42. The van der Waals surface area contributed by atoms with Crippen LogP contribution in [0, 0.1) is 6.90 Å². The molecule has 1 aromatic heterocycles. The van der Waals surface area contributed by atoms with E-state index in [1.807, 2.05) is 0 Å². The average molecular weight is 188 g/mol. The van der Waals surface area contributed by atoms with E-state index in [1.54, 1.807) is 0 Å². The number of esters is 1. The molecule has 64 valence electrons. The standard InChI is InChI=1S/C7H7ClN2O2/c1-4-3-5(8)9-10-6(4)7(11)12-2/h3H,1-2H3/i1D. The molecule has 0 spiro atoms. The van der Waals surface area contributed by atoms with E-state index in [1.165, 1.54) is 13.2 Å². The predicted octanol–water partition coefficient (Wildman–Crippen LogP) is 1.23. The Morgan fingerprint density at radius 3 is 3.08 bits per heavy atom. The minimum Gasteiger partial charge on any atom is -0.464 e. The van der Waals surface area contributed by atoms with Crippen LogP contribution in [0.1, 0.15) is 17.4 Å². The van der Waals surface area contributed by atoms with Gasteiger partial charge in [0.05, 0.1) is 7.11 Å². The van der Waals surface area contributed by atoms with Gasteiger partial charge in [-0.2, -0.15) is 0 Å². The Balaban J connectivity index is 3.13. The third-order valence-corrected chi connectivity index (χ3v) is 1.41. The fourth-order valence-corrected chi connectivity index (χ4v) is 0.841. The molecule has 0 unspecified atom stereocenters. The fourth-order valence-electron chi connectivity index (χ4n) is 0.672. The van der Waals surface area contributed by atoms with Crippen molar-refractivity contribution in [3.63, 3.8) is 0 Å². The smallest absolute Gasteiger partial charge is 0.358 e. The van der Waals surface area contributed by atoms with Crippen molar-refractivity contribution >= 4 is 17.6 Å². The topological polar surface area (TPSA) is 52.1 Å². The van der Waals surface area contributed by atoms with Crippen molar-refractivity contribution in [2.45, 2.75) is 6.90 Å². The summed E-state index contributed by atoms with van der Waals surface area (Å²) < 4.78 is 11.6. The lowest BCUT2D eigenvalue weighted by Crippen LogP contribution is -2.07. The number of carbonyl (C=O) groups is 1. The van der Waals surface area contributed by atoms with Gasteiger partial charge < -0.3 is 4.74 Å². The monoisotopic (exact) mass is 187 g/mol. The quantitative estimate of drug-likeness (QED) is 0.621. The maximum absolute atomic E-state index is 11.1. The van der Waals surface area contributed by atoms with Crippen molar-refractivity contribution in [3.05, 3.63) is 22.5 Å². The van der Waals surface area contributed by atoms with Crippen molar-refractivity contribution in [2.75, 3.05) is 7.11 Å². The van der Waals surface area contributed by atoms with Crippen LogP contribution < -0.4 is 0 Å². The van der Waals surface area contributed by atoms with Crippen LogP contribution in [-0.2, 0) is 4.74 Å². The zero-order valence-corrected chi connectivity index (χ0v) is 7.13. The van der Waals surface area contributed by atoms with E-state index >= 15 is 0 Å². The molecule has 0 aromatic carbocycles. The van der Waals surface area contributed by atoms with Gasteiger partial charge in [0.2, 0.25) is 0 Å². The molecular formula is C7H7ClN2O2. The summed E-state index contributed by atoms with van der Waals surface area (Å²) in [7, 11) is 1.24. The normalized spacial score (nSPS) is 10.7. The summed E-state index contributed by atoms with van der Waals surface area (Å²) in [4.78, 5) is 11.1. The van der Waals surface area contributed by atoms with Gasteiger partial charge in [-0.1, -0.05) is 11.6 Å². The molecule has 0 aliphatic heterocycles. The molecule has 4 nitrogen and oxygen atoms in total. The van der Waals surface area contributed by atoms with Crippen LogP contribution in [0.3, 0.4) is 0 Å².